The summed E-state index contributed by atoms with van der Waals surface area (Å²) in [5.41, 5.74) is 13.8. The van der Waals surface area contributed by atoms with Crippen LogP contribution in [0.2, 0.25) is 0 Å². The van der Waals surface area contributed by atoms with Crippen LogP contribution in [0.3, 0.4) is 0 Å². The Bertz CT molecular complexity index is 1420. The number of likely N-dealkylation sites (tertiary alicyclic amines) is 2. The van der Waals surface area contributed by atoms with E-state index in [-0.39, 0.29) is 22.9 Å². The molecular weight excluding hydrogens is 516 g/mol. The Balaban J connectivity index is 1.10. The lowest BCUT2D eigenvalue weighted by molar-refractivity contribution is -0.125. The van der Waals surface area contributed by atoms with Crippen LogP contribution in [0.5, 0.6) is 11.5 Å². The first kappa shape index (κ1) is 27.1. The number of para-hydroxylation sites is 1. The summed E-state index contributed by atoms with van der Waals surface area (Å²) >= 11 is 0. The predicted molar refractivity (Wildman–Crippen MR) is 158 cm³/mol. The van der Waals surface area contributed by atoms with Crippen molar-refractivity contribution in [1.82, 2.24) is 19.6 Å². The first-order valence-electron chi connectivity index (χ1n) is 14.6. The second-order valence-corrected chi connectivity index (χ2v) is 11.7. The number of hydrogen-bond acceptors (Lipinski definition) is 6. The summed E-state index contributed by atoms with van der Waals surface area (Å²) in [5, 5.41) is 4.78. The molecule has 9 heteroatoms. The highest BCUT2D eigenvalue weighted by atomic mass is 16.5. The standard InChI is InChI=1S/C32H38N6O3/c33-30-28(31(34)40)29(23-11-13-26(14-12-23)41-25-8-3-1-4-9-25)35-38(30)24-20-32(21-24)15-19-37(22-32)27(39)10-7-18-36-16-5-2-6-17-36/h1,3-4,7-14,24H,2,5-6,15-22,33H2,(H2,34,40)/b10-7+/t24-,32+. The number of primary amides is 1. The number of nitrogens with two attached hydrogens (primary N) is 2. The molecule has 1 aliphatic carbocycles. The summed E-state index contributed by atoms with van der Waals surface area (Å²) in [7, 11) is 0. The van der Waals surface area contributed by atoms with E-state index in [1.54, 1.807) is 10.8 Å². The molecule has 1 saturated carbocycles. The van der Waals surface area contributed by atoms with E-state index in [0.29, 0.717) is 17.3 Å². The molecule has 0 radical (unpaired) electrons. The van der Waals surface area contributed by atoms with Gasteiger partial charge in [0.05, 0.1) is 6.04 Å². The topological polar surface area (TPSA) is 120 Å². The lowest BCUT2D eigenvalue weighted by atomic mass is 9.65. The number of carbonyl (C=O) groups excluding carboxylic acids is 2. The average Bonchev–Trinajstić information content (AvgIpc) is 3.56. The van der Waals surface area contributed by atoms with Crippen molar-refractivity contribution in [3.63, 3.8) is 0 Å². The Morgan fingerprint density at radius 2 is 1.68 bits per heavy atom. The molecule has 214 valence electrons. The third kappa shape index (κ3) is 5.72. The van der Waals surface area contributed by atoms with Crippen LogP contribution >= 0.6 is 0 Å². The maximum Gasteiger partial charge on any atom is 0.254 e. The first-order chi connectivity index (χ1) is 19.9. The molecule has 1 spiro atoms. The van der Waals surface area contributed by atoms with Gasteiger partial charge in [-0.2, -0.15) is 5.10 Å². The van der Waals surface area contributed by atoms with Crippen molar-refractivity contribution < 1.29 is 14.3 Å². The number of ether oxygens (including phenoxy) is 1. The quantitative estimate of drug-likeness (QED) is 0.392. The van der Waals surface area contributed by atoms with Gasteiger partial charge in [-0.25, -0.2) is 4.68 Å². The molecule has 2 aromatic carbocycles. The van der Waals surface area contributed by atoms with E-state index in [9.17, 15) is 9.59 Å². The number of nitrogens with zero attached hydrogens (tertiary/aromatic N) is 4. The van der Waals surface area contributed by atoms with Gasteiger partial charge in [-0.1, -0.05) is 30.7 Å². The Labute approximate surface area is 240 Å². The fourth-order valence-corrected chi connectivity index (χ4v) is 6.60. The number of rotatable bonds is 8. The van der Waals surface area contributed by atoms with Crippen molar-refractivity contribution in [1.29, 1.82) is 0 Å². The van der Waals surface area contributed by atoms with Crippen LogP contribution in [0.25, 0.3) is 11.3 Å². The normalized spacial score (nSPS) is 22.7. The summed E-state index contributed by atoms with van der Waals surface area (Å²) < 4.78 is 7.65. The van der Waals surface area contributed by atoms with Gasteiger partial charge in [0.1, 0.15) is 28.6 Å². The van der Waals surface area contributed by atoms with E-state index < -0.39 is 5.91 Å². The maximum atomic E-state index is 12.8. The predicted octanol–water partition coefficient (Wildman–Crippen LogP) is 4.62. The summed E-state index contributed by atoms with van der Waals surface area (Å²) in [4.78, 5) is 29.7. The van der Waals surface area contributed by atoms with Crippen LogP contribution in [0, 0.1) is 5.41 Å². The SMILES string of the molecule is NC(=O)c1c(-c2ccc(Oc3ccccc3)cc2)nn([C@H]2C[C@]3(CCN(C(=O)/C=C/CN4CCCCC4)C3)C2)c1N. The van der Waals surface area contributed by atoms with Gasteiger partial charge in [0, 0.05) is 31.3 Å². The zero-order chi connectivity index (χ0) is 28.4. The van der Waals surface area contributed by atoms with Crippen LogP contribution in [0.4, 0.5) is 5.82 Å². The van der Waals surface area contributed by atoms with E-state index in [1.807, 2.05) is 65.6 Å². The molecule has 0 unspecified atom stereocenters. The molecule has 3 heterocycles. The van der Waals surface area contributed by atoms with E-state index in [0.717, 1.165) is 63.3 Å². The summed E-state index contributed by atoms with van der Waals surface area (Å²) in [6.45, 7) is 4.60. The Kier molecular flexibility index (Phi) is 7.53. The van der Waals surface area contributed by atoms with Crippen molar-refractivity contribution in [2.75, 3.05) is 38.5 Å². The number of aromatic nitrogens is 2. The average molecular weight is 555 g/mol. The molecule has 3 aromatic rings. The highest BCUT2D eigenvalue weighted by Crippen LogP contribution is 2.54. The molecule has 6 rings (SSSR count). The molecule has 9 nitrogen and oxygen atoms in total. The van der Waals surface area contributed by atoms with Crippen molar-refractivity contribution in [3.8, 4) is 22.8 Å². The fourth-order valence-electron chi connectivity index (χ4n) is 6.60. The molecule has 0 bridgehead atoms. The van der Waals surface area contributed by atoms with Crippen LogP contribution in [-0.4, -0.2) is 64.1 Å². The molecular formula is C32H38N6O3. The van der Waals surface area contributed by atoms with Crippen LogP contribution in [0.15, 0.2) is 66.7 Å². The monoisotopic (exact) mass is 554 g/mol. The van der Waals surface area contributed by atoms with Gasteiger partial charge in [-0.05, 0) is 87.0 Å². The number of benzene rings is 2. The van der Waals surface area contributed by atoms with Gasteiger partial charge in [0.2, 0.25) is 5.91 Å². The van der Waals surface area contributed by atoms with Gasteiger partial charge >= 0.3 is 0 Å². The van der Waals surface area contributed by atoms with Crippen molar-refractivity contribution in [2.24, 2.45) is 11.1 Å². The number of amides is 2. The molecule has 4 N–H and O–H groups in total. The molecule has 2 aliphatic heterocycles. The van der Waals surface area contributed by atoms with E-state index in [2.05, 4.69) is 4.90 Å². The van der Waals surface area contributed by atoms with Gasteiger partial charge in [-0.15, -0.1) is 0 Å². The minimum absolute atomic E-state index is 0.0623. The maximum absolute atomic E-state index is 12.8. The molecule has 2 amide bonds. The molecule has 2 saturated heterocycles. The zero-order valence-electron chi connectivity index (χ0n) is 23.4. The van der Waals surface area contributed by atoms with Gasteiger partial charge < -0.3 is 21.1 Å². The van der Waals surface area contributed by atoms with Crippen LogP contribution in [0.1, 0.15) is 54.9 Å². The second-order valence-electron chi connectivity index (χ2n) is 11.7. The first-order valence-corrected chi connectivity index (χ1v) is 14.6. The van der Waals surface area contributed by atoms with Crippen molar-refractivity contribution >= 4 is 17.6 Å². The Hall–Kier alpha value is -4.11. The smallest absolute Gasteiger partial charge is 0.254 e. The van der Waals surface area contributed by atoms with Gasteiger partial charge in [0.25, 0.3) is 5.91 Å². The van der Waals surface area contributed by atoms with Crippen molar-refractivity contribution in [3.05, 3.63) is 72.3 Å². The Morgan fingerprint density at radius 3 is 2.39 bits per heavy atom. The van der Waals surface area contributed by atoms with E-state index in [4.69, 9.17) is 21.3 Å². The zero-order valence-corrected chi connectivity index (χ0v) is 23.4. The fraction of sp³-hybridized carbons (Fsp3) is 0.406. The van der Waals surface area contributed by atoms with Crippen LogP contribution in [-0.2, 0) is 4.79 Å². The number of hydrogen-bond donors (Lipinski definition) is 2. The minimum atomic E-state index is -0.601. The highest BCUT2D eigenvalue weighted by molar-refractivity contribution is 6.03. The minimum Gasteiger partial charge on any atom is -0.457 e. The third-order valence-electron chi connectivity index (χ3n) is 8.81. The Morgan fingerprint density at radius 1 is 0.976 bits per heavy atom. The molecule has 0 atom stereocenters. The second kappa shape index (κ2) is 11.4. The number of nitrogen functional groups attached to an aromatic ring is 1. The molecule has 1 aromatic heterocycles. The third-order valence-corrected chi connectivity index (χ3v) is 8.81. The lowest BCUT2D eigenvalue weighted by Crippen LogP contribution is -2.42. The summed E-state index contributed by atoms with van der Waals surface area (Å²) in [6, 6.07) is 17.0. The highest BCUT2D eigenvalue weighted by Gasteiger charge is 2.50. The number of anilines is 1. The molecule has 3 fully saturated rings. The van der Waals surface area contributed by atoms with Gasteiger partial charge in [0.15, 0.2) is 0 Å². The summed E-state index contributed by atoms with van der Waals surface area (Å²) in [6.07, 6.45) is 10.3. The lowest BCUT2D eigenvalue weighted by Gasteiger charge is -2.45. The molecule has 3 aliphatic rings. The van der Waals surface area contributed by atoms with E-state index >= 15 is 0 Å². The van der Waals surface area contributed by atoms with Crippen LogP contribution < -0.4 is 16.2 Å². The summed E-state index contributed by atoms with van der Waals surface area (Å²) in [5.74, 6) is 1.21. The number of piperidine rings is 1. The molecule has 41 heavy (non-hydrogen) atoms. The number of carbonyl (C=O) groups is 2. The largest absolute Gasteiger partial charge is 0.457 e. The van der Waals surface area contributed by atoms with Crippen molar-refractivity contribution in [2.45, 2.75) is 44.6 Å². The van der Waals surface area contributed by atoms with E-state index in [1.165, 1.54) is 19.3 Å². The van der Waals surface area contributed by atoms with Gasteiger partial charge in [-0.3, -0.25) is 14.5 Å².